The molecule has 1 saturated heterocycles. The molecule has 1 aromatic carbocycles. The fourth-order valence-corrected chi connectivity index (χ4v) is 2.46. The highest BCUT2D eigenvalue weighted by Gasteiger charge is 2.36. The summed E-state index contributed by atoms with van der Waals surface area (Å²) in [4.78, 5) is 4.16. The molecule has 5 nitrogen and oxygen atoms in total. The van der Waals surface area contributed by atoms with Crippen molar-refractivity contribution in [2.24, 2.45) is 0 Å². The molecule has 0 amide bonds. The van der Waals surface area contributed by atoms with Gasteiger partial charge in [0.2, 0.25) is 0 Å². The van der Waals surface area contributed by atoms with Gasteiger partial charge in [-0.3, -0.25) is 0 Å². The number of aliphatic hydroxyl groups is 1. The number of aromatic nitrogens is 2. The minimum Gasteiger partial charge on any atom is -0.380 e. The molecule has 0 spiro atoms. The summed E-state index contributed by atoms with van der Waals surface area (Å²) in [6.45, 7) is 1.34. The Bertz CT molecular complexity index is 619. The lowest BCUT2D eigenvalue weighted by molar-refractivity contribution is -0.0228. The van der Waals surface area contributed by atoms with Gasteiger partial charge in [-0.05, 0) is 43.6 Å². The summed E-state index contributed by atoms with van der Waals surface area (Å²) in [7, 11) is 0. The van der Waals surface area contributed by atoms with Crippen LogP contribution in [0.15, 0.2) is 22.7 Å². The van der Waals surface area contributed by atoms with Crippen LogP contribution >= 0.6 is 0 Å². The topological polar surface area (TPSA) is 71.2 Å². The quantitative estimate of drug-likeness (QED) is 0.898. The molecule has 1 fully saturated rings. The van der Waals surface area contributed by atoms with Gasteiger partial charge in [-0.25, -0.2) is 8.78 Å². The first-order chi connectivity index (χ1) is 10.0. The number of nitrogens with zero attached hydrogens (tertiary/aromatic N) is 2. The van der Waals surface area contributed by atoms with Gasteiger partial charge in [0.15, 0.2) is 5.82 Å². The Morgan fingerprint density at radius 3 is 2.52 bits per heavy atom. The molecule has 21 heavy (non-hydrogen) atoms. The van der Waals surface area contributed by atoms with Gasteiger partial charge < -0.3 is 14.9 Å². The second-order valence-electron chi connectivity index (χ2n) is 5.25. The molecule has 0 aliphatic carbocycles. The summed E-state index contributed by atoms with van der Waals surface area (Å²) in [5, 5.41) is 17.4. The van der Waals surface area contributed by atoms with Crippen molar-refractivity contribution in [1.82, 2.24) is 15.5 Å². The van der Waals surface area contributed by atoms with E-state index in [9.17, 15) is 13.9 Å². The first kappa shape index (κ1) is 14.1. The zero-order chi connectivity index (χ0) is 14.9. The molecular weight excluding hydrogens is 280 g/mol. The average Bonchev–Trinajstić information content (AvgIpc) is 2.87. The molecule has 0 bridgehead atoms. The molecule has 0 unspecified atom stereocenters. The Balaban J connectivity index is 1.78. The molecule has 1 aliphatic rings. The third kappa shape index (κ3) is 3.08. The van der Waals surface area contributed by atoms with Gasteiger partial charge in [-0.2, -0.15) is 4.98 Å². The van der Waals surface area contributed by atoms with Crippen LogP contribution in [0.4, 0.5) is 8.78 Å². The molecule has 1 aliphatic heterocycles. The molecule has 7 heteroatoms. The van der Waals surface area contributed by atoms with Crippen LogP contribution in [0.25, 0.3) is 0 Å². The summed E-state index contributed by atoms with van der Waals surface area (Å²) in [5.74, 6) is -0.839. The van der Waals surface area contributed by atoms with Crippen molar-refractivity contribution >= 4 is 0 Å². The van der Waals surface area contributed by atoms with Gasteiger partial charge in [0, 0.05) is 12.5 Å². The minimum atomic E-state index is -1.12. The van der Waals surface area contributed by atoms with E-state index in [1.807, 2.05) is 0 Å². The van der Waals surface area contributed by atoms with Crippen molar-refractivity contribution in [2.45, 2.75) is 24.9 Å². The van der Waals surface area contributed by atoms with Crippen LogP contribution in [0.2, 0.25) is 0 Å². The smallest absolute Gasteiger partial charge is 0.258 e. The summed E-state index contributed by atoms with van der Waals surface area (Å²) in [6, 6.07) is 3.25. The predicted molar refractivity (Wildman–Crippen MR) is 69.5 cm³/mol. The molecular formula is C14H15F2N3O2. The van der Waals surface area contributed by atoms with Crippen molar-refractivity contribution in [3.63, 3.8) is 0 Å². The lowest BCUT2D eigenvalue weighted by Crippen LogP contribution is -2.39. The van der Waals surface area contributed by atoms with Crippen LogP contribution in [0, 0.1) is 11.6 Å². The lowest BCUT2D eigenvalue weighted by Gasteiger charge is -2.28. The van der Waals surface area contributed by atoms with E-state index >= 15 is 0 Å². The van der Waals surface area contributed by atoms with E-state index in [1.165, 1.54) is 12.1 Å². The summed E-state index contributed by atoms with van der Waals surface area (Å²) in [5.41, 5.74) is -0.707. The number of rotatable bonds is 3. The van der Waals surface area contributed by atoms with Crippen LogP contribution in [-0.2, 0) is 12.0 Å². The summed E-state index contributed by atoms with van der Waals surface area (Å²) < 4.78 is 31.4. The van der Waals surface area contributed by atoms with Gasteiger partial charge >= 0.3 is 0 Å². The number of piperidine rings is 1. The number of benzene rings is 1. The third-order valence-electron chi connectivity index (χ3n) is 3.58. The van der Waals surface area contributed by atoms with Crippen LogP contribution in [0.3, 0.4) is 0 Å². The lowest BCUT2D eigenvalue weighted by atomic mass is 9.92. The Morgan fingerprint density at radius 2 is 1.86 bits per heavy atom. The van der Waals surface area contributed by atoms with Gasteiger partial charge in [-0.1, -0.05) is 5.16 Å². The maximum atomic E-state index is 13.1. The maximum absolute atomic E-state index is 13.1. The fraction of sp³-hybridized carbons (Fsp3) is 0.429. The second-order valence-corrected chi connectivity index (χ2v) is 5.25. The van der Waals surface area contributed by atoms with Gasteiger partial charge in [0.05, 0.1) is 0 Å². The first-order valence-electron chi connectivity index (χ1n) is 6.76. The highest BCUT2D eigenvalue weighted by Crippen LogP contribution is 2.29. The van der Waals surface area contributed by atoms with E-state index in [1.54, 1.807) is 0 Å². The number of hydrogen-bond donors (Lipinski definition) is 2. The molecule has 2 heterocycles. The normalized spacial score (nSPS) is 17.9. The molecule has 3 rings (SSSR count). The minimum absolute atomic E-state index is 0.145. The summed E-state index contributed by atoms with van der Waals surface area (Å²) in [6.07, 6.45) is 1.12. The Kier molecular flexibility index (Phi) is 3.69. The van der Waals surface area contributed by atoms with E-state index in [4.69, 9.17) is 4.52 Å². The highest BCUT2D eigenvalue weighted by molar-refractivity contribution is 5.21. The summed E-state index contributed by atoms with van der Waals surface area (Å²) >= 11 is 0. The maximum Gasteiger partial charge on any atom is 0.258 e. The van der Waals surface area contributed by atoms with Crippen LogP contribution in [0.1, 0.15) is 30.1 Å². The van der Waals surface area contributed by atoms with E-state index in [0.29, 0.717) is 37.3 Å². The Morgan fingerprint density at radius 1 is 1.19 bits per heavy atom. The van der Waals surface area contributed by atoms with Crippen LogP contribution < -0.4 is 5.32 Å². The van der Waals surface area contributed by atoms with Crippen molar-refractivity contribution in [3.05, 3.63) is 47.1 Å². The van der Waals surface area contributed by atoms with E-state index < -0.39 is 17.2 Å². The highest BCUT2D eigenvalue weighted by atomic mass is 19.1. The van der Waals surface area contributed by atoms with Crippen molar-refractivity contribution < 1.29 is 18.4 Å². The number of halogens is 2. The van der Waals surface area contributed by atoms with Crippen molar-refractivity contribution in [2.75, 3.05) is 13.1 Å². The van der Waals surface area contributed by atoms with Crippen molar-refractivity contribution in [3.8, 4) is 0 Å². The van der Waals surface area contributed by atoms with Crippen LogP contribution in [0.5, 0.6) is 0 Å². The SMILES string of the molecule is OC1(c2nc(Cc3cc(F)cc(F)c3)no2)CCNCC1. The van der Waals surface area contributed by atoms with E-state index in [-0.39, 0.29) is 12.3 Å². The third-order valence-corrected chi connectivity index (χ3v) is 3.58. The molecule has 0 atom stereocenters. The van der Waals surface area contributed by atoms with Crippen LogP contribution in [-0.4, -0.2) is 28.3 Å². The second kappa shape index (κ2) is 5.50. The standard InChI is InChI=1S/C14H15F2N3O2/c15-10-5-9(6-11(16)8-10)7-12-18-13(21-19-12)14(20)1-3-17-4-2-14/h5-6,8,17,20H,1-4,7H2. The molecule has 112 valence electrons. The zero-order valence-electron chi connectivity index (χ0n) is 11.3. The molecule has 2 aromatic rings. The fourth-order valence-electron chi connectivity index (χ4n) is 2.46. The van der Waals surface area contributed by atoms with Gasteiger partial charge in [0.25, 0.3) is 5.89 Å². The Labute approximate surface area is 120 Å². The largest absolute Gasteiger partial charge is 0.380 e. The number of hydrogen-bond acceptors (Lipinski definition) is 5. The first-order valence-corrected chi connectivity index (χ1v) is 6.76. The number of nitrogens with one attached hydrogen (secondary N) is 1. The molecule has 0 radical (unpaired) electrons. The monoisotopic (exact) mass is 295 g/mol. The van der Waals surface area contributed by atoms with E-state index in [0.717, 1.165) is 6.07 Å². The molecule has 0 saturated carbocycles. The van der Waals surface area contributed by atoms with Gasteiger partial charge in [-0.15, -0.1) is 0 Å². The van der Waals surface area contributed by atoms with E-state index in [2.05, 4.69) is 15.5 Å². The molecule has 2 N–H and O–H groups in total. The average molecular weight is 295 g/mol. The zero-order valence-corrected chi connectivity index (χ0v) is 11.3. The van der Waals surface area contributed by atoms with Gasteiger partial charge in [0.1, 0.15) is 17.2 Å². The van der Waals surface area contributed by atoms with Crippen molar-refractivity contribution in [1.29, 1.82) is 0 Å². The molecule has 1 aromatic heterocycles. The Hall–Kier alpha value is -1.86. The predicted octanol–water partition coefficient (Wildman–Crippen LogP) is 1.51.